The molecule has 0 aromatic carbocycles. The van der Waals surface area contributed by atoms with Gasteiger partial charge in [-0.25, -0.2) is 9.78 Å². The summed E-state index contributed by atoms with van der Waals surface area (Å²) in [5.41, 5.74) is 0.758. The predicted molar refractivity (Wildman–Crippen MR) is 94.5 cm³/mol. The van der Waals surface area contributed by atoms with Crippen LogP contribution in [0.15, 0.2) is 17.1 Å². The molecule has 2 rings (SSSR count). The number of fused-ring (bicyclic) bond motifs is 1. The van der Waals surface area contributed by atoms with Crippen molar-refractivity contribution in [1.82, 2.24) is 9.38 Å². The van der Waals surface area contributed by atoms with E-state index in [1.165, 1.54) is 4.40 Å². The number of rotatable bonds is 3. The van der Waals surface area contributed by atoms with Crippen molar-refractivity contribution in [3.63, 3.8) is 0 Å². The first-order valence-corrected chi connectivity index (χ1v) is 7.77. The maximum atomic E-state index is 12.7. The van der Waals surface area contributed by atoms with Gasteiger partial charge in [0.2, 0.25) is 5.75 Å². The van der Waals surface area contributed by atoms with E-state index in [0.717, 1.165) is 19.7 Å². The third-order valence-electron chi connectivity index (χ3n) is 3.19. The van der Waals surface area contributed by atoms with Crippen LogP contribution in [0.25, 0.3) is 5.65 Å². The Bertz CT molecular complexity index is 855. The number of pyridine rings is 1. The molecule has 2 aromatic heterocycles. The van der Waals surface area contributed by atoms with Crippen molar-refractivity contribution in [2.24, 2.45) is 0 Å². The van der Waals surface area contributed by atoms with Gasteiger partial charge in [-0.05, 0) is 18.6 Å². The van der Waals surface area contributed by atoms with Crippen molar-refractivity contribution in [1.29, 1.82) is 0 Å². The Hall–Kier alpha value is -2.90. The predicted octanol–water partition coefficient (Wildman–Crippen LogP) is 1.81. The number of aromatic nitrogens is 2. The highest BCUT2D eigenvalue weighted by atomic mass is 16.5. The summed E-state index contributed by atoms with van der Waals surface area (Å²) in [7, 11) is 4.81. The molecule has 0 radical (unpaired) electrons. The Morgan fingerprint density at radius 2 is 1.84 bits per heavy atom. The van der Waals surface area contributed by atoms with E-state index in [1.54, 1.807) is 13.1 Å². The number of hydrogen-bond donors (Lipinski definition) is 0. The summed E-state index contributed by atoms with van der Waals surface area (Å²) in [6.07, 6.45) is 1.56. The number of ether oxygens (including phenoxy) is 2. The standard InChI is InChI=1S/C15H17N3O5.C2H6/c1-8-6-10(17(3)4)7-18-13(8)16-11(15(21)22-5)12(14(18)20)23-9(2)19;1-2/h6-7H,1-5H3;1-2H3. The summed E-state index contributed by atoms with van der Waals surface area (Å²) in [6.45, 7) is 6.90. The molecule has 0 saturated heterocycles. The third kappa shape index (κ3) is 4.14. The van der Waals surface area contributed by atoms with Crippen LogP contribution in [0.4, 0.5) is 5.69 Å². The van der Waals surface area contributed by atoms with Crippen LogP contribution in [0.3, 0.4) is 0 Å². The van der Waals surface area contributed by atoms with E-state index in [4.69, 9.17) is 4.74 Å². The molecule has 0 aliphatic rings. The molecule has 0 saturated carbocycles. The number of carbonyl (C=O) groups excluding carboxylic acids is 2. The molecule has 0 bridgehead atoms. The lowest BCUT2D eigenvalue weighted by atomic mass is 10.2. The molecular formula is C17H23N3O5. The SMILES string of the molecule is CC.COC(=O)c1nc2c(C)cc(N(C)C)cn2c(=O)c1OC(C)=O. The number of aryl methyl sites for hydroxylation is 1. The van der Waals surface area contributed by atoms with Gasteiger partial charge in [0.1, 0.15) is 5.65 Å². The summed E-state index contributed by atoms with van der Waals surface area (Å²) >= 11 is 0. The Labute approximate surface area is 146 Å². The topological polar surface area (TPSA) is 90.2 Å². The summed E-state index contributed by atoms with van der Waals surface area (Å²) in [6, 6.07) is 1.83. The second-order valence-electron chi connectivity index (χ2n) is 5.15. The van der Waals surface area contributed by atoms with Crippen molar-refractivity contribution in [3.8, 4) is 5.75 Å². The summed E-state index contributed by atoms with van der Waals surface area (Å²) < 4.78 is 10.8. The lowest BCUT2D eigenvalue weighted by Crippen LogP contribution is -2.25. The molecule has 0 atom stereocenters. The van der Waals surface area contributed by atoms with Crippen LogP contribution in [-0.4, -0.2) is 42.5 Å². The monoisotopic (exact) mass is 349 g/mol. The van der Waals surface area contributed by atoms with Crippen LogP contribution in [-0.2, 0) is 9.53 Å². The highest BCUT2D eigenvalue weighted by molar-refractivity contribution is 5.91. The van der Waals surface area contributed by atoms with E-state index in [-0.39, 0.29) is 11.3 Å². The highest BCUT2D eigenvalue weighted by Crippen LogP contribution is 2.20. The van der Waals surface area contributed by atoms with Crippen LogP contribution in [0.2, 0.25) is 0 Å². The molecule has 0 aliphatic carbocycles. The second-order valence-corrected chi connectivity index (χ2v) is 5.15. The minimum absolute atomic E-state index is 0.289. The lowest BCUT2D eigenvalue weighted by Gasteiger charge is -2.16. The molecule has 2 heterocycles. The van der Waals surface area contributed by atoms with Crippen molar-refractivity contribution >= 4 is 23.3 Å². The number of carbonyl (C=O) groups is 2. The van der Waals surface area contributed by atoms with E-state index in [9.17, 15) is 14.4 Å². The largest absolute Gasteiger partial charge is 0.464 e. The first-order chi connectivity index (χ1) is 11.8. The zero-order valence-electron chi connectivity index (χ0n) is 15.5. The minimum Gasteiger partial charge on any atom is -0.464 e. The van der Waals surface area contributed by atoms with Gasteiger partial charge in [0, 0.05) is 27.2 Å². The molecule has 2 aromatic rings. The molecule has 136 valence electrons. The van der Waals surface area contributed by atoms with Crippen LogP contribution >= 0.6 is 0 Å². The van der Waals surface area contributed by atoms with Crippen LogP contribution in [0.5, 0.6) is 5.75 Å². The van der Waals surface area contributed by atoms with Gasteiger partial charge in [0.15, 0.2) is 5.69 Å². The zero-order valence-corrected chi connectivity index (χ0v) is 15.5. The fourth-order valence-corrected chi connectivity index (χ4v) is 2.09. The van der Waals surface area contributed by atoms with Crippen molar-refractivity contribution in [2.75, 3.05) is 26.1 Å². The van der Waals surface area contributed by atoms with Gasteiger partial charge in [0.05, 0.1) is 12.8 Å². The maximum Gasteiger partial charge on any atom is 0.360 e. The zero-order chi connectivity index (χ0) is 19.3. The van der Waals surface area contributed by atoms with Gasteiger partial charge in [-0.15, -0.1) is 0 Å². The number of hydrogen-bond acceptors (Lipinski definition) is 7. The molecule has 0 amide bonds. The van der Waals surface area contributed by atoms with E-state index in [1.807, 2.05) is 38.9 Å². The van der Waals surface area contributed by atoms with Gasteiger partial charge in [-0.1, -0.05) is 13.8 Å². The van der Waals surface area contributed by atoms with E-state index >= 15 is 0 Å². The fourth-order valence-electron chi connectivity index (χ4n) is 2.09. The molecule has 8 heteroatoms. The van der Waals surface area contributed by atoms with E-state index in [2.05, 4.69) is 9.72 Å². The first-order valence-electron chi connectivity index (χ1n) is 7.77. The van der Waals surface area contributed by atoms with E-state index < -0.39 is 23.2 Å². The van der Waals surface area contributed by atoms with Gasteiger partial charge < -0.3 is 14.4 Å². The van der Waals surface area contributed by atoms with Crippen LogP contribution < -0.4 is 15.2 Å². The first kappa shape index (κ1) is 20.1. The van der Waals surface area contributed by atoms with Crippen LogP contribution in [0, 0.1) is 6.92 Å². The quantitative estimate of drug-likeness (QED) is 0.781. The highest BCUT2D eigenvalue weighted by Gasteiger charge is 2.23. The van der Waals surface area contributed by atoms with Gasteiger partial charge in [-0.2, -0.15) is 0 Å². The Balaban J connectivity index is 0.00000151. The minimum atomic E-state index is -0.850. The molecule has 0 unspecified atom stereocenters. The maximum absolute atomic E-state index is 12.7. The smallest absolute Gasteiger partial charge is 0.360 e. The molecule has 25 heavy (non-hydrogen) atoms. The average Bonchev–Trinajstić information content (AvgIpc) is 2.58. The Morgan fingerprint density at radius 1 is 1.24 bits per heavy atom. The van der Waals surface area contributed by atoms with Crippen LogP contribution in [0.1, 0.15) is 36.8 Å². The van der Waals surface area contributed by atoms with E-state index in [0.29, 0.717) is 5.56 Å². The molecule has 0 fully saturated rings. The summed E-state index contributed by atoms with van der Waals surface area (Å²) in [5.74, 6) is -2.02. The number of nitrogens with zero attached hydrogens (tertiary/aromatic N) is 3. The van der Waals surface area contributed by atoms with Crippen molar-refractivity contribution in [2.45, 2.75) is 27.7 Å². The second kappa shape index (κ2) is 8.27. The Morgan fingerprint density at radius 3 is 2.32 bits per heavy atom. The molecule has 0 N–H and O–H groups in total. The van der Waals surface area contributed by atoms with Gasteiger partial charge in [0.25, 0.3) is 0 Å². The number of methoxy groups -OCH3 is 1. The lowest BCUT2D eigenvalue weighted by molar-refractivity contribution is -0.132. The van der Waals surface area contributed by atoms with Crippen molar-refractivity contribution in [3.05, 3.63) is 33.9 Å². The molecule has 0 aliphatic heterocycles. The summed E-state index contributed by atoms with van der Waals surface area (Å²) in [4.78, 5) is 41.7. The van der Waals surface area contributed by atoms with Crippen molar-refractivity contribution < 1.29 is 19.1 Å². The normalized spacial score (nSPS) is 9.88. The van der Waals surface area contributed by atoms with Gasteiger partial charge in [-0.3, -0.25) is 14.0 Å². The molecule has 8 nitrogen and oxygen atoms in total. The number of esters is 2. The third-order valence-corrected chi connectivity index (χ3v) is 3.19. The molecule has 0 spiro atoms. The average molecular weight is 349 g/mol. The fraction of sp³-hybridized carbons (Fsp3) is 0.412. The molecular weight excluding hydrogens is 326 g/mol. The Kier molecular flexibility index (Phi) is 6.67. The van der Waals surface area contributed by atoms with Gasteiger partial charge >= 0.3 is 17.5 Å². The summed E-state index contributed by atoms with van der Waals surface area (Å²) in [5, 5.41) is 0. The number of anilines is 1.